The van der Waals surface area contributed by atoms with Crippen molar-refractivity contribution in [3.8, 4) is 16.9 Å². The van der Waals surface area contributed by atoms with Crippen LogP contribution in [0.3, 0.4) is 0 Å². The summed E-state index contributed by atoms with van der Waals surface area (Å²) in [6, 6.07) is 9.97. The van der Waals surface area contributed by atoms with Gasteiger partial charge in [-0.25, -0.2) is 13.5 Å². The maximum atomic E-state index is 14.0. The molecule has 2 aromatic carbocycles. The number of halogens is 4. The molecule has 1 heterocycles. The lowest BCUT2D eigenvalue weighted by molar-refractivity contribution is 0.112. The number of carbonyl (C=O) groups excluding carboxylic acids is 1. The molecule has 0 radical (unpaired) electrons. The first-order chi connectivity index (χ1) is 11.0. The highest BCUT2D eigenvalue weighted by atomic mass is 79.9. The molecule has 0 aliphatic carbocycles. The number of benzene rings is 2. The van der Waals surface area contributed by atoms with Gasteiger partial charge in [0.05, 0.1) is 10.6 Å². The van der Waals surface area contributed by atoms with Gasteiger partial charge in [-0.3, -0.25) is 4.79 Å². The molecule has 0 N–H and O–H groups in total. The van der Waals surface area contributed by atoms with Crippen LogP contribution in [0.15, 0.2) is 47.1 Å². The van der Waals surface area contributed by atoms with Crippen LogP contribution in [-0.4, -0.2) is 16.1 Å². The molecule has 0 saturated carbocycles. The van der Waals surface area contributed by atoms with Gasteiger partial charge in [0.25, 0.3) is 0 Å². The molecule has 0 amide bonds. The van der Waals surface area contributed by atoms with E-state index in [0.29, 0.717) is 22.6 Å². The minimum Gasteiger partial charge on any atom is -0.298 e. The van der Waals surface area contributed by atoms with Gasteiger partial charge in [0, 0.05) is 11.6 Å². The molecule has 0 atom stereocenters. The highest BCUT2D eigenvalue weighted by molar-refractivity contribution is 9.10. The highest BCUT2D eigenvalue weighted by Gasteiger charge is 2.21. The van der Waals surface area contributed by atoms with E-state index in [1.54, 1.807) is 24.3 Å². The molecule has 0 aliphatic rings. The molecule has 116 valence electrons. The van der Waals surface area contributed by atoms with Crippen molar-refractivity contribution in [3.63, 3.8) is 0 Å². The van der Waals surface area contributed by atoms with E-state index >= 15 is 0 Å². The van der Waals surface area contributed by atoms with Crippen molar-refractivity contribution < 1.29 is 13.6 Å². The van der Waals surface area contributed by atoms with Crippen molar-refractivity contribution in [2.24, 2.45) is 0 Å². The van der Waals surface area contributed by atoms with Gasteiger partial charge in [-0.05, 0) is 34.1 Å². The molecule has 23 heavy (non-hydrogen) atoms. The van der Waals surface area contributed by atoms with E-state index in [-0.39, 0.29) is 15.9 Å². The van der Waals surface area contributed by atoms with Crippen LogP contribution < -0.4 is 0 Å². The molecule has 0 aliphatic heterocycles. The number of hydrogen-bond donors (Lipinski definition) is 0. The van der Waals surface area contributed by atoms with Gasteiger partial charge in [-0.2, -0.15) is 5.10 Å². The zero-order valence-electron chi connectivity index (χ0n) is 11.4. The number of aldehydes is 1. The zero-order chi connectivity index (χ0) is 16.6. The predicted molar refractivity (Wildman–Crippen MR) is 87.0 cm³/mol. The summed E-state index contributed by atoms with van der Waals surface area (Å²) in [5.74, 6) is -1.49. The third-order valence-electron chi connectivity index (χ3n) is 3.25. The van der Waals surface area contributed by atoms with Gasteiger partial charge in [-0.15, -0.1) is 0 Å². The van der Waals surface area contributed by atoms with Crippen molar-refractivity contribution >= 4 is 33.8 Å². The maximum Gasteiger partial charge on any atom is 0.155 e. The quantitative estimate of drug-likeness (QED) is 0.580. The Bertz CT molecular complexity index is 911. The van der Waals surface area contributed by atoms with Gasteiger partial charge in [-0.1, -0.05) is 29.8 Å². The van der Waals surface area contributed by atoms with Crippen LogP contribution in [0.4, 0.5) is 8.78 Å². The first-order valence-electron chi connectivity index (χ1n) is 6.47. The Balaban J connectivity index is 2.25. The Kier molecular flexibility index (Phi) is 4.28. The lowest BCUT2D eigenvalue weighted by Gasteiger charge is -2.05. The fourth-order valence-electron chi connectivity index (χ4n) is 2.18. The minimum absolute atomic E-state index is 0.0136. The number of nitrogens with zero attached hydrogens (tertiary/aromatic N) is 2. The van der Waals surface area contributed by atoms with E-state index in [1.165, 1.54) is 10.7 Å². The molecule has 0 unspecified atom stereocenters. The fraction of sp³-hybridized carbons (Fsp3) is 0. The van der Waals surface area contributed by atoms with Gasteiger partial charge in [0.2, 0.25) is 0 Å². The van der Waals surface area contributed by atoms with Crippen LogP contribution in [-0.2, 0) is 0 Å². The predicted octanol–water partition coefficient (Wildman–Crippen LogP) is 5.05. The summed E-state index contributed by atoms with van der Waals surface area (Å²) < 4.78 is 28.5. The van der Waals surface area contributed by atoms with E-state index < -0.39 is 11.6 Å². The summed E-state index contributed by atoms with van der Waals surface area (Å²) >= 11 is 9.38. The minimum atomic E-state index is -0.795. The molecule has 3 aromatic rings. The average molecular weight is 398 g/mol. The maximum absolute atomic E-state index is 14.0. The van der Waals surface area contributed by atoms with Crippen molar-refractivity contribution in [1.29, 1.82) is 0 Å². The SMILES string of the molecule is O=Cc1c(-c2ccccc2Cl)nn(-c2ccc(F)cc2F)c1Br. The van der Waals surface area contributed by atoms with Crippen molar-refractivity contribution in [1.82, 2.24) is 9.78 Å². The topological polar surface area (TPSA) is 34.9 Å². The lowest BCUT2D eigenvalue weighted by Crippen LogP contribution is -2.01. The second kappa shape index (κ2) is 6.22. The number of carbonyl (C=O) groups is 1. The van der Waals surface area contributed by atoms with Crippen LogP contribution in [0, 0.1) is 11.6 Å². The molecule has 7 heteroatoms. The molecular weight excluding hydrogens is 390 g/mol. The lowest BCUT2D eigenvalue weighted by atomic mass is 10.1. The molecule has 1 aromatic heterocycles. The average Bonchev–Trinajstić information content (AvgIpc) is 2.84. The van der Waals surface area contributed by atoms with E-state index in [9.17, 15) is 13.6 Å². The summed E-state index contributed by atoms with van der Waals surface area (Å²) in [6.07, 6.45) is 0.605. The van der Waals surface area contributed by atoms with E-state index in [2.05, 4.69) is 21.0 Å². The van der Waals surface area contributed by atoms with E-state index in [4.69, 9.17) is 11.6 Å². The third-order valence-corrected chi connectivity index (χ3v) is 4.34. The molecule has 0 bridgehead atoms. The summed E-state index contributed by atoms with van der Waals surface area (Å²) in [5, 5.41) is 4.67. The van der Waals surface area contributed by atoms with E-state index in [1.807, 2.05) is 0 Å². The largest absolute Gasteiger partial charge is 0.298 e. The standard InChI is InChI=1S/C16H8BrClF2N2O/c17-16-11(8-23)15(10-3-1-2-4-12(10)18)21-22(16)14-6-5-9(19)7-13(14)20/h1-8H. The summed E-state index contributed by atoms with van der Waals surface area (Å²) in [7, 11) is 0. The molecule has 0 spiro atoms. The summed E-state index contributed by atoms with van der Waals surface area (Å²) in [6.45, 7) is 0. The summed E-state index contributed by atoms with van der Waals surface area (Å²) in [5.41, 5.74) is 1.08. The van der Waals surface area contributed by atoms with Crippen LogP contribution in [0.25, 0.3) is 16.9 Å². The van der Waals surface area contributed by atoms with Crippen LogP contribution in [0.2, 0.25) is 5.02 Å². The zero-order valence-corrected chi connectivity index (χ0v) is 13.8. The van der Waals surface area contributed by atoms with Gasteiger partial charge < -0.3 is 0 Å². The number of aromatic nitrogens is 2. The Morgan fingerprint density at radius 2 is 1.91 bits per heavy atom. The monoisotopic (exact) mass is 396 g/mol. The normalized spacial score (nSPS) is 10.8. The molecule has 3 nitrogen and oxygen atoms in total. The van der Waals surface area contributed by atoms with Crippen LogP contribution in [0.5, 0.6) is 0 Å². The Hall–Kier alpha value is -2.05. The first-order valence-corrected chi connectivity index (χ1v) is 7.64. The highest BCUT2D eigenvalue weighted by Crippen LogP contribution is 2.34. The Labute approximate surface area is 143 Å². The van der Waals surface area contributed by atoms with Crippen LogP contribution in [0.1, 0.15) is 10.4 Å². The number of rotatable bonds is 3. The Morgan fingerprint density at radius 3 is 2.57 bits per heavy atom. The van der Waals surface area contributed by atoms with Crippen LogP contribution >= 0.6 is 27.5 Å². The van der Waals surface area contributed by atoms with Gasteiger partial charge >= 0.3 is 0 Å². The second-order valence-corrected chi connectivity index (χ2v) is 5.82. The summed E-state index contributed by atoms with van der Waals surface area (Å²) in [4.78, 5) is 11.4. The smallest absolute Gasteiger partial charge is 0.155 e. The molecular formula is C16H8BrClF2N2O. The molecule has 0 fully saturated rings. The number of hydrogen-bond acceptors (Lipinski definition) is 2. The van der Waals surface area contributed by atoms with Crippen molar-refractivity contribution in [2.75, 3.05) is 0 Å². The van der Waals surface area contributed by atoms with E-state index in [0.717, 1.165) is 12.1 Å². The third kappa shape index (κ3) is 2.80. The van der Waals surface area contributed by atoms with Crippen molar-refractivity contribution in [3.05, 3.63) is 69.3 Å². The fourth-order valence-corrected chi connectivity index (χ4v) is 2.96. The Morgan fingerprint density at radius 1 is 1.17 bits per heavy atom. The van der Waals surface area contributed by atoms with Gasteiger partial charge in [0.15, 0.2) is 12.1 Å². The second-order valence-electron chi connectivity index (χ2n) is 4.66. The first kappa shape index (κ1) is 15.8. The molecule has 0 saturated heterocycles. The van der Waals surface area contributed by atoms with Crippen molar-refractivity contribution in [2.45, 2.75) is 0 Å². The molecule has 3 rings (SSSR count). The van der Waals surface area contributed by atoms with Gasteiger partial charge in [0.1, 0.15) is 21.8 Å².